The van der Waals surface area contributed by atoms with Crippen molar-refractivity contribution < 1.29 is 155 Å². The maximum atomic E-state index is 0. The number of hydrogen-bond acceptors (Lipinski definition) is 0. The Morgan fingerprint density at radius 1 is 1.00 bits per heavy atom. The van der Waals surface area contributed by atoms with E-state index in [9.17, 15) is 0 Å². The van der Waals surface area contributed by atoms with Gasteiger partial charge in [0.2, 0.25) is 0 Å². The van der Waals surface area contributed by atoms with Crippen molar-refractivity contribution in [2.75, 3.05) is 0 Å². The molecule has 0 aliphatic rings. The van der Waals surface area contributed by atoms with Gasteiger partial charge in [-0.25, -0.2) is 0 Å². The van der Waals surface area contributed by atoms with E-state index in [4.69, 9.17) is 0 Å². The van der Waals surface area contributed by atoms with Crippen LogP contribution < -0.4 is 0 Å². The molecule has 1 radical (unpaired) electrons. The monoisotopic (exact) mass is 593 g/mol. The standard InChI is InChI=1S/Dy.Er.Y.Yb. The van der Waals surface area contributed by atoms with E-state index in [0.717, 1.165) is 0 Å². The SMILES string of the molecule is [Dy].[Er].[Y].[Yb]. The summed E-state index contributed by atoms with van der Waals surface area (Å²) in [7, 11) is 0. The smallest absolute Gasteiger partial charge is 0 e. The van der Waals surface area contributed by atoms with E-state index >= 15 is 0 Å². The van der Waals surface area contributed by atoms with E-state index in [1.54, 1.807) is 0 Å². The van der Waals surface area contributed by atoms with Crippen molar-refractivity contribution in [1.29, 1.82) is 0 Å². The third kappa shape index (κ3) is 10.2. The zero-order chi connectivity index (χ0) is 0. The van der Waals surface area contributed by atoms with Gasteiger partial charge in [-0.1, -0.05) is 0 Å². The first kappa shape index (κ1) is 22.9. The van der Waals surface area contributed by atoms with Gasteiger partial charge in [-0.15, -0.1) is 0 Å². The summed E-state index contributed by atoms with van der Waals surface area (Å²) < 4.78 is 0. The molecule has 0 amide bonds. The largest absolute Gasteiger partial charge is 0 e. The fourth-order valence-corrected chi connectivity index (χ4v) is 0. The Morgan fingerprint density at radius 3 is 1.00 bits per heavy atom. The fraction of sp³-hybridized carbons (Fsp3) is 0. The van der Waals surface area contributed by atoms with Crippen LogP contribution in [0.1, 0.15) is 0 Å². The van der Waals surface area contributed by atoms with Crippen LogP contribution in [0.5, 0.6) is 0 Å². The molecule has 0 bridgehead atoms. The molecule has 0 saturated heterocycles. The summed E-state index contributed by atoms with van der Waals surface area (Å²) in [6.07, 6.45) is 0. The van der Waals surface area contributed by atoms with Gasteiger partial charge >= 0.3 is 0 Å². The van der Waals surface area contributed by atoms with Gasteiger partial charge in [0.25, 0.3) is 0 Å². The van der Waals surface area contributed by atoms with Crippen molar-refractivity contribution in [3.05, 3.63) is 0 Å². The Bertz CT molecular complexity index is 8.00. The van der Waals surface area contributed by atoms with Crippen LogP contribution in [0.3, 0.4) is 0 Å². The van der Waals surface area contributed by atoms with Crippen molar-refractivity contribution in [2.45, 2.75) is 0 Å². The molecule has 0 N–H and O–H groups in total. The van der Waals surface area contributed by atoms with Gasteiger partial charge in [0, 0.05) is 155 Å². The minimum Gasteiger partial charge on any atom is 0 e. The quantitative estimate of drug-likeness (QED) is 0.372. The third-order valence-corrected chi connectivity index (χ3v) is 0. The Kier molecular flexibility index (Phi) is 90.0. The Balaban J connectivity index is 0. The van der Waals surface area contributed by atoms with E-state index in [0.29, 0.717) is 0 Å². The van der Waals surface area contributed by atoms with Gasteiger partial charge < -0.3 is 0 Å². The van der Waals surface area contributed by atoms with Crippen LogP contribution in [0.15, 0.2) is 0 Å². The number of hydrogen-bond donors (Lipinski definition) is 0. The van der Waals surface area contributed by atoms with Crippen molar-refractivity contribution in [3.63, 3.8) is 0 Å². The molecule has 0 aliphatic heterocycles. The second-order valence-corrected chi connectivity index (χ2v) is 0. The topological polar surface area (TPSA) is 0 Å². The molecule has 0 saturated carbocycles. The molecule has 4 heteroatoms. The maximum Gasteiger partial charge on any atom is 0 e. The van der Waals surface area contributed by atoms with Gasteiger partial charge in [-0.3, -0.25) is 0 Å². The fourth-order valence-electron chi connectivity index (χ4n) is 0. The predicted octanol–water partition coefficient (Wildman–Crippen LogP) is -0.00250. The van der Waals surface area contributed by atoms with Gasteiger partial charge in [-0.05, 0) is 0 Å². The Morgan fingerprint density at radius 2 is 1.00 bits per heavy atom. The van der Waals surface area contributed by atoms with Crippen molar-refractivity contribution in [2.24, 2.45) is 0 Å². The van der Waals surface area contributed by atoms with Crippen LogP contribution in [0, 0.1) is 122 Å². The summed E-state index contributed by atoms with van der Waals surface area (Å²) in [6, 6.07) is 0. The van der Waals surface area contributed by atoms with Crippen LogP contribution in [-0.4, -0.2) is 0 Å². The number of rotatable bonds is 0. The van der Waals surface area contributed by atoms with E-state index in [-0.39, 0.29) is 155 Å². The molecule has 0 spiro atoms. The molecular formula is DyErYYb. The molecule has 0 aromatic carbocycles. The molecule has 4 heavy (non-hydrogen) atoms. The molecule has 39 valence electrons. The molecule has 0 fully saturated rings. The molecule has 0 nitrogen and oxygen atoms in total. The Labute approximate surface area is 150 Å². The van der Waals surface area contributed by atoms with Gasteiger partial charge in [0.15, 0.2) is 0 Å². The molecule has 0 unspecified atom stereocenters. The van der Waals surface area contributed by atoms with Crippen LogP contribution in [-0.2, 0) is 32.7 Å². The van der Waals surface area contributed by atoms with Gasteiger partial charge in [0.1, 0.15) is 0 Å². The van der Waals surface area contributed by atoms with Crippen LogP contribution in [0.4, 0.5) is 0 Å². The first-order valence-electron chi connectivity index (χ1n) is 0. The average molecular weight is 592 g/mol. The van der Waals surface area contributed by atoms with Crippen LogP contribution in [0.2, 0.25) is 0 Å². The van der Waals surface area contributed by atoms with Crippen molar-refractivity contribution >= 4 is 0 Å². The molecule has 0 aromatic rings. The Hall–Kier alpha value is 5.14. The summed E-state index contributed by atoms with van der Waals surface area (Å²) in [5, 5.41) is 0. The molecule has 0 rings (SSSR count). The van der Waals surface area contributed by atoms with Gasteiger partial charge in [-0.2, -0.15) is 0 Å². The van der Waals surface area contributed by atoms with E-state index in [1.807, 2.05) is 0 Å². The molecule has 0 atom stereocenters. The van der Waals surface area contributed by atoms with E-state index in [2.05, 4.69) is 0 Å². The third-order valence-electron chi connectivity index (χ3n) is 0. The first-order valence-corrected chi connectivity index (χ1v) is 0. The second kappa shape index (κ2) is 15.7. The van der Waals surface area contributed by atoms with E-state index in [1.165, 1.54) is 0 Å². The first-order chi connectivity index (χ1) is 0. The van der Waals surface area contributed by atoms with E-state index < -0.39 is 0 Å². The zero-order valence-electron chi connectivity index (χ0n) is 1.45. The molecule has 0 aliphatic carbocycles. The molecule has 0 heterocycles. The average Bonchev–Trinajstić information content (AvgIpc) is 0. The zero-order valence-corrected chi connectivity index (χ0v) is 9.88. The second-order valence-electron chi connectivity index (χ2n) is 0. The summed E-state index contributed by atoms with van der Waals surface area (Å²) in [4.78, 5) is 0. The summed E-state index contributed by atoms with van der Waals surface area (Å²) in [5.41, 5.74) is 0. The van der Waals surface area contributed by atoms with Crippen LogP contribution in [0.25, 0.3) is 0 Å². The molecule has 0 aromatic heterocycles. The normalized spacial score (nSPS) is 0. The minimum atomic E-state index is 0. The van der Waals surface area contributed by atoms with Crippen molar-refractivity contribution in [1.82, 2.24) is 0 Å². The van der Waals surface area contributed by atoms with Gasteiger partial charge in [0.05, 0.1) is 0 Å². The predicted molar refractivity (Wildman–Crippen MR) is 0 cm³/mol. The summed E-state index contributed by atoms with van der Waals surface area (Å²) in [6.45, 7) is 0. The maximum absolute atomic E-state index is 0. The summed E-state index contributed by atoms with van der Waals surface area (Å²) >= 11 is 0. The minimum absolute atomic E-state index is 0. The summed E-state index contributed by atoms with van der Waals surface area (Å²) in [5.74, 6) is 0. The van der Waals surface area contributed by atoms with Crippen LogP contribution >= 0.6 is 0 Å². The molecular weight excluding hydrogens is 592 g/mol. The van der Waals surface area contributed by atoms with Crippen molar-refractivity contribution in [3.8, 4) is 0 Å².